The molecule has 0 atom stereocenters. The number of benzene rings is 2. The lowest BCUT2D eigenvalue weighted by atomic mass is 10.1. The van der Waals surface area contributed by atoms with Crippen LogP contribution in [0.15, 0.2) is 54.6 Å². The maximum atomic E-state index is 12.7. The van der Waals surface area contributed by atoms with Gasteiger partial charge in [-0.3, -0.25) is 4.79 Å². The summed E-state index contributed by atoms with van der Waals surface area (Å²) in [5.74, 6) is 0.0352. The van der Waals surface area contributed by atoms with Crippen molar-refractivity contribution >= 4 is 23.2 Å². The highest BCUT2D eigenvalue weighted by Crippen LogP contribution is 2.21. The number of halogens is 1. The molecule has 1 amide bonds. The summed E-state index contributed by atoms with van der Waals surface area (Å²) in [6, 6.07) is 17.1. The summed E-state index contributed by atoms with van der Waals surface area (Å²) >= 11 is 5.96. The molecule has 0 fully saturated rings. The Hall–Kier alpha value is -2.59. The summed E-state index contributed by atoms with van der Waals surface area (Å²) < 4.78 is 1.86. The molecule has 0 bridgehead atoms. The molecule has 128 valence electrons. The lowest BCUT2D eigenvalue weighted by molar-refractivity contribution is -0.117. The first-order valence-corrected chi connectivity index (χ1v) is 8.48. The van der Waals surface area contributed by atoms with Crippen LogP contribution in [0.1, 0.15) is 17.0 Å². The van der Waals surface area contributed by atoms with Crippen LogP contribution in [0.3, 0.4) is 0 Å². The van der Waals surface area contributed by atoms with Crippen molar-refractivity contribution in [3.63, 3.8) is 0 Å². The molecule has 25 heavy (non-hydrogen) atoms. The van der Waals surface area contributed by atoms with E-state index in [1.165, 1.54) is 0 Å². The average Bonchev–Trinajstić information content (AvgIpc) is 2.90. The Labute approximate surface area is 152 Å². The molecule has 1 aromatic heterocycles. The molecule has 0 saturated carbocycles. The molecule has 0 N–H and O–H groups in total. The third-order valence-electron chi connectivity index (χ3n) is 4.36. The smallest absolute Gasteiger partial charge is 0.231 e. The Morgan fingerprint density at radius 3 is 2.36 bits per heavy atom. The molecule has 0 aliphatic heterocycles. The summed E-state index contributed by atoms with van der Waals surface area (Å²) in [4.78, 5) is 14.4. The van der Waals surface area contributed by atoms with Crippen molar-refractivity contribution in [2.24, 2.45) is 0 Å². The first-order chi connectivity index (χ1) is 12.0. The Morgan fingerprint density at radius 1 is 1.08 bits per heavy atom. The van der Waals surface area contributed by atoms with E-state index in [0.29, 0.717) is 11.4 Å². The molecule has 5 heteroatoms. The van der Waals surface area contributed by atoms with Crippen LogP contribution in [-0.2, 0) is 11.2 Å². The van der Waals surface area contributed by atoms with Gasteiger partial charge in [-0.1, -0.05) is 29.8 Å². The van der Waals surface area contributed by atoms with Crippen LogP contribution in [0, 0.1) is 13.8 Å². The molecule has 2 aromatic carbocycles. The minimum atomic E-state index is 0.0352. The van der Waals surface area contributed by atoms with E-state index in [0.717, 1.165) is 28.3 Å². The first-order valence-electron chi connectivity index (χ1n) is 8.10. The minimum Gasteiger partial charge on any atom is -0.315 e. The lowest BCUT2D eigenvalue weighted by Crippen LogP contribution is -2.28. The van der Waals surface area contributed by atoms with E-state index in [1.807, 2.05) is 73.1 Å². The molecule has 0 aliphatic rings. The van der Waals surface area contributed by atoms with E-state index in [1.54, 1.807) is 11.9 Å². The van der Waals surface area contributed by atoms with E-state index in [4.69, 9.17) is 11.6 Å². The van der Waals surface area contributed by atoms with Gasteiger partial charge in [0.05, 0.1) is 17.8 Å². The molecule has 0 saturated heterocycles. The number of aromatic nitrogens is 2. The fourth-order valence-corrected chi connectivity index (χ4v) is 2.96. The molecule has 0 unspecified atom stereocenters. The van der Waals surface area contributed by atoms with Gasteiger partial charge in [-0.2, -0.15) is 5.10 Å². The number of hydrogen-bond donors (Lipinski definition) is 0. The van der Waals surface area contributed by atoms with Gasteiger partial charge in [0.1, 0.15) is 0 Å². The number of para-hydroxylation sites is 1. The molecule has 3 rings (SSSR count). The zero-order chi connectivity index (χ0) is 18.0. The fraction of sp³-hybridized carbons (Fsp3) is 0.200. The van der Waals surface area contributed by atoms with Gasteiger partial charge in [-0.25, -0.2) is 4.68 Å². The van der Waals surface area contributed by atoms with Gasteiger partial charge in [0.2, 0.25) is 5.91 Å². The number of carbonyl (C=O) groups excluding carboxylic acids is 1. The van der Waals surface area contributed by atoms with Crippen molar-refractivity contribution < 1.29 is 4.79 Å². The normalized spacial score (nSPS) is 10.7. The van der Waals surface area contributed by atoms with Crippen molar-refractivity contribution in [3.05, 3.63) is 76.6 Å². The van der Waals surface area contributed by atoms with E-state index >= 15 is 0 Å². The Morgan fingerprint density at radius 2 is 1.72 bits per heavy atom. The van der Waals surface area contributed by atoms with Crippen molar-refractivity contribution in [1.29, 1.82) is 0 Å². The van der Waals surface area contributed by atoms with Crippen molar-refractivity contribution in [1.82, 2.24) is 9.78 Å². The van der Waals surface area contributed by atoms with Gasteiger partial charge in [0, 0.05) is 29.0 Å². The van der Waals surface area contributed by atoms with Gasteiger partial charge >= 0.3 is 0 Å². The number of carbonyl (C=O) groups is 1. The van der Waals surface area contributed by atoms with Crippen LogP contribution in [0.25, 0.3) is 5.69 Å². The average molecular weight is 354 g/mol. The van der Waals surface area contributed by atoms with E-state index in [9.17, 15) is 4.79 Å². The molecule has 0 radical (unpaired) electrons. The van der Waals surface area contributed by atoms with Crippen molar-refractivity contribution in [3.8, 4) is 5.69 Å². The Kier molecular flexibility index (Phi) is 4.91. The molecule has 3 aromatic rings. The molecule has 0 spiro atoms. The fourth-order valence-electron chi connectivity index (χ4n) is 2.83. The number of nitrogens with zero attached hydrogens (tertiary/aromatic N) is 3. The minimum absolute atomic E-state index is 0.0352. The second-order valence-corrected chi connectivity index (χ2v) is 6.44. The number of aryl methyl sites for hydroxylation is 1. The maximum absolute atomic E-state index is 12.7. The van der Waals surface area contributed by atoms with E-state index in [2.05, 4.69) is 5.10 Å². The van der Waals surface area contributed by atoms with Gasteiger partial charge in [0.15, 0.2) is 0 Å². The van der Waals surface area contributed by atoms with Crippen molar-refractivity contribution in [2.75, 3.05) is 11.9 Å². The van der Waals surface area contributed by atoms with Crippen LogP contribution < -0.4 is 4.90 Å². The second kappa shape index (κ2) is 7.11. The van der Waals surface area contributed by atoms with Gasteiger partial charge < -0.3 is 4.90 Å². The SMILES string of the molecule is Cc1nn(-c2ccc(Cl)cc2)c(C)c1CC(=O)N(C)c1ccccc1. The topological polar surface area (TPSA) is 38.1 Å². The third kappa shape index (κ3) is 3.59. The molecule has 0 aliphatic carbocycles. The van der Waals surface area contributed by atoms with E-state index < -0.39 is 0 Å². The summed E-state index contributed by atoms with van der Waals surface area (Å²) in [5.41, 5.74) is 4.60. The Bertz CT molecular complexity index is 885. The quantitative estimate of drug-likeness (QED) is 0.699. The second-order valence-electron chi connectivity index (χ2n) is 6.00. The lowest BCUT2D eigenvalue weighted by Gasteiger charge is -2.17. The van der Waals surface area contributed by atoms with Gasteiger partial charge in [0.25, 0.3) is 0 Å². The molecular formula is C20H20ClN3O. The zero-order valence-corrected chi connectivity index (χ0v) is 15.3. The summed E-state index contributed by atoms with van der Waals surface area (Å²) in [7, 11) is 1.80. The summed E-state index contributed by atoms with van der Waals surface area (Å²) in [5, 5.41) is 5.28. The molecule has 4 nitrogen and oxygen atoms in total. The van der Waals surface area contributed by atoms with E-state index in [-0.39, 0.29) is 5.91 Å². The Balaban J connectivity index is 1.86. The van der Waals surface area contributed by atoms with Gasteiger partial charge in [-0.05, 0) is 50.2 Å². The number of rotatable bonds is 4. The summed E-state index contributed by atoms with van der Waals surface area (Å²) in [6.45, 7) is 3.92. The number of amides is 1. The van der Waals surface area contributed by atoms with Crippen LogP contribution in [-0.4, -0.2) is 22.7 Å². The highest BCUT2D eigenvalue weighted by atomic mass is 35.5. The van der Waals surface area contributed by atoms with Crippen LogP contribution in [0.4, 0.5) is 5.69 Å². The summed E-state index contributed by atoms with van der Waals surface area (Å²) in [6.07, 6.45) is 0.316. The standard InChI is InChI=1S/C20H20ClN3O/c1-14-19(13-20(25)23(3)17-7-5-4-6-8-17)15(2)24(22-14)18-11-9-16(21)10-12-18/h4-12H,13H2,1-3H3. The highest BCUT2D eigenvalue weighted by molar-refractivity contribution is 6.30. The predicted octanol–water partition coefficient (Wildman–Crippen LogP) is 4.35. The third-order valence-corrected chi connectivity index (χ3v) is 4.61. The monoisotopic (exact) mass is 353 g/mol. The zero-order valence-electron chi connectivity index (χ0n) is 14.5. The van der Waals surface area contributed by atoms with Crippen molar-refractivity contribution in [2.45, 2.75) is 20.3 Å². The number of anilines is 1. The highest BCUT2D eigenvalue weighted by Gasteiger charge is 2.18. The van der Waals surface area contributed by atoms with Crippen LogP contribution >= 0.6 is 11.6 Å². The maximum Gasteiger partial charge on any atom is 0.231 e. The molecular weight excluding hydrogens is 334 g/mol. The largest absolute Gasteiger partial charge is 0.315 e. The van der Waals surface area contributed by atoms with Crippen LogP contribution in [0.5, 0.6) is 0 Å². The predicted molar refractivity (Wildman–Crippen MR) is 102 cm³/mol. The number of likely N-dealkylation sites (N-methyl/N-ethyl adjacent to an activating group) is 1. The van der Waals surface area contributed by atoms with Crippen LogP contribution in [0.2, 0.25) is 5.02 Å². The first kappa shape index (κ1) is 17.2. The number of hydrogen-bond acceptors (Lipinski definition) is 2. The molecule has 1 heterocycles. The van der Waals surface area contributed by atoms with Gasteiger partial charge in [-0.15, -0.1) is 0 Å².